The molecule has 19 heavy (non-hydrogen) atoms. The average molecular weight is 289 g/mol. The van der Waals surface area contributed by atoms with E-state index in [2.05, 4.69) is 0 Å². The van der Waals surface area contributed by atoms with Gasteiger partial charge in [0.25, 0.3) is 0 Å². The first-order chi connectivity index (χ1) is 8.80. The zero-order chi connectivity index (χ0) is 14.6. The molecule has 0 spiro atoms. The van der Waals surface area contributed by atoms with Crippen molar-refractivity contribution in [3.8, 4) is 6.07 Å². The van der Waals surface area contributed by atoms with Crippen LogP contribution >= 0.6 is 11.8 Å². The lowest BCUT2D eigenvalue weighted by atomic mass is 10.1. The smallest absolute Gasteiger partial charge is 0.446 e. The molecule has 0 unspecified atom stereocenters. The summed E-state index contributed by atoms with van der Waals surface area (Å²) < 4.78 is 42.3. The average Bonchev–Trinajstić information content (AvgIpc) is 2.27. The highest BCUT2D eigenvalue weighted by Gasteiger charge is 2.34. The van der Waals surface area contributed by atoms with E-state index in [-0.39, 0.29) is 17.7 Å². The van der Waals surface area contributed by atoms with Crippen molar-refractivity contribution in [1.82, 2.24) is 0 Å². The number of rotatable bonds is 3. The van der Waals surface area contributed by atoms with Gasteiger partial charge in [-0.3, -0.25) is 0 Å². The van der Waals surface area contributed by atoms with Crippen molar-refractivity contribution in [2.45, 2.75) is 24.3 Å². The molecule has 0 radical (unpaired) electrons. The third kappa shape index (κ3) is 3.89. The number of ether oxygens (including phenoxy) is 1. The molecule has 0 aliphatic rings. The minimum atomic E-state index is -4.58. The Labute approximate surface area is 112 Å². The van der Waals surface area contributed by atoms with Crippen LogP contribution in [0.25, 0.3) is 0 Å². The van der Waals surface area contributed by atoms with E-state index in [4.69, 9.17) is 10.00 Å². The lowest BCUT2D eigenvalue weighted by Crippen LogP contribution is -2.11. The second kappa shape index (κ2) is 5.97. The molecule has 0 saturated carbocycles. The van der Waals surface area contributed by atoms with Gasteiger partial charge in [0, 0.05) is 4.90 Å². The number of aryl methyl sites for hydroxylation is 1. The van der Waals surface area contributed by atoms with E-state index in [9.17, 15) is 18.0 Å². The summed E-state index contributed by atoms with van der Waals surface area (Å²) in [5, 5.41) is 8.86. The molecule has 0 heterocycles. The highest BCUT2D eigenvalue weighted by Crippen LogP contribution is 2.41. The minimum absolute atomic E-state index is 0.0468. The molecule has 0 aliphatic carbocycles. The van der Waals surface area contributed by atoms with Crippen molar-refractivity contribution in [2.75, 3.05) is 6.61 Å². The first kappa shape index (κ1) is 15.4. The van der Waals surface area contributed by atoms with Crippen LogP contribution in [0.5, 0.6) is 0 Å². The van der Waals surface area contributed by atoms with Crippen molar-refractivity contribution < 1.29 is 22.7 Å². The molecule has 0 aromatic heterocycles. The number of benzene rings is 1. The maximum atomic E-state index is 12.5. The maximum absolute atomic E-state index is 12.5. The summed E-state index contributed by atoms with van der Waals surface area (Å²) in [6.07, 6.45) is 0. The molecule has 0 N–H and O–H groups in total. The quantitative estimate of drug-likeness (QED) is 0.629. The fraction of sp³-hybridized carbons (Fsp3) is 0.333. The first-order valence-electron chi connectivity index (χ1n) is 5.26. The normalized spacial score (nSPS) is 10.9. The zero-order valence-electron chi connectivity index (χ0n) is 10.2. The van der Waals surface area contributed by atoms with Crippen LogP contribution < -0.4 is 0 Å². The summed E-state index contributed by atoms with van der Waals surface area (Å²) >= 11 is -0.476. The van der Waals surface area contributed by atoms with Gasteiger partial charge < -0.3 is 4.74 Å². The molecular weight excluding hydrogens is 279 g/mol. The molecule has 0 fully saturated rings. The van der Waals surface area contributed by atoms with Crippen LogP contribution in [-0.2, 0) is 4.74 Å². The summed E-state index contributed by atoms with van der Waals surface area (Å²) in [5.74, 6) is -0.858. The fourth-order valence-corrected chi connectivity index (χ4v) is 2.25. The molecule has 0 aliphatic heterocycles. The second-order valence-corrected chi connectivity index (χ2v) is 4.59. The molecule has 1 aromatic carbocycles. The number of carbonyl (C=O) groups is 1. The topological polar surface area (TPSA) is 50.1 Å². The van der Waals surface area contributed by atoms with E-state index in [1.54, 1.807) is 13.0 Å². The number of hydrogen-bond donors (Lipinski definition) is 0. The third-order valence-corrected chi connectivity index (χ3v) is 3.04. The van der Waals surface area contributed by atoms with Gasteiger partial charge in [0.15, 0.2) is 0 Å². The Kier molecular flexibility index (Phi) is 4.84. The van der Waals surface area contributed by atoms with Crippen LogP contribution in [0.4, 0.5) is 13.2 Å². The van der Waals surface area contributed by atoms with Gasteiger partial charge >= 0.3 is 11.5 Å². The van der Waals surface area contributed by atoms with Gasteiger partial charge in [-0.05, 0) is 37.2 Å². The monoisotopic (exact) mass is 289 g/mol. The number of halogens is 3. The van der Waals surface area contributed by atoms with Crippen LogP contribution in [0.1, 0.15) is 28.4 Å². The Morgan fingerprint density at radius 1 is 1.47 bits per heavy atom. The van der Waals surface area contributed by atoms with Gasteiger partial charge in [0.05, 0.1) is 17.7 Å². The second-order valence-electron chi connectivity index (χ2n) is 3.51. The van der Waals surface area contributed by atoms with Gasteiger partial charge in [0.2, 0.25) is 0 Å². The number of alkyl halides is 3. The summed E-state index contributed by atoms with van der Waals surface area (Å²) in [6, 6.07) is 4.33. The third-order valence-electron chi connectivity index (χ3n) is 2.18. The Hall–Kier alpha value is -1.68. The molecule has 0 atom stereocenters. The Bertz CT molecular complexity index is 535. The standard InChI is InChI=1S/C12H10F3NO2S/c1-3-18-11(17)9-7(2)4-5-8(6-16)10(9)19-12(13,14)15/h4-5H,3H2,1-2H3. The Morgan fingerprint density at radius 2 is 2.11 bits per heavy atom. The van der Waals surface area contributed by atoms with E-state index < -0.39 is 28.1 Å². The van der Waals surface area contributed by atoms with Crippen LogP contribution in [0.15, 0.2) is 17.0 Å². The van der Waals surface area contributed by atoms with E-state index in [1.807, 2.05) is 0 Å². The molecule has 102 valence electrons. The number of nitriles is 1. The van der Waals surface area contributed by atoms with Crippen LogP contribution in [0, 0.1) is 18.3 Å². The number of nitrogens with zero attached hydrogens (tertiary/aromatic N) is 1. The summed E-state index contributed by atoms with van der Waals surface area (Å²) in [5.41, 5.74) is -4.65. The van der Waals surface area contributed by atoms with Gasteiger partial charge in [-0.15, -0.1) is 0 Å². The largest absolute Gasteiger partial charge is 0.462 e. The predicted molar refractivity (Wildman–Crippen MR) is 63.8 cm³/mol. The highest BCUT2D eigenvalue weighted by atomic mass is 32.2. The highest BCUT2D eigenvalue weighted by molar-refractivity contribution is 8.00. The summed E-state index contributed by atoms with van der Waals surface area (Å²) in [6.45, 7) is 3.09. The zero-order valence-corrected chi connectivity index (χ0v) is 11.0. The van der Waals surface area contributed by atoms with Crippen LogP contribution in [-0.4, -0.2) is 18.1 Å². The van der Waals surface area contributed by atoms with E-state index in [0.717, 1.165) is 0 Å². The van der Waals surface area contributed by atoms with Crippen molar-refractivity contribution >= 4 is 17.7 Å². The lowest BCUT2D eigenvalue weighted by Gasteiger charge is -2.14. The maximum Gasteiger partial charge on any atom is 0.446 e. The van der Waals surface area contributed by atoms with Crippen LogP contribution in [0.2, 0.25) is 0 Å². The molecule has 3 nitrogen and oxygen atoms in total. The molecule has 0 amide bonds. The molecule has 0 saturated heterocycles. The number of esters is 1. The first-order valence-corrected chi connectivity index (χ1v) is 6.08. The Morgan fingerprint density at radius 3 is 2.58 bits per heavy atom. The van der Waals surface area contributed by atoms with E-state index >= 15 is 0 Å². The van der Waals surface area contributed by atoms with Gasteiger partial charge in [-0.1, -0.05) is 6.07 Å². The SMILES string of the molecule is CCOC(=O)c1c(C)ccc(C#N)c1SC(F)(F)F. The molecule has 0 bridgehead atoms. The van der Waals surface area contributed by atoms with Crippen molar-refractivity contribution in [3.63, 3.8) is 0 Å². The number of thioether (sulfide) groups is 1. The van der Waals surface area contributed by atoms with Gasteiger partial charge in [0.1, 0.15) is 6.07 Å². The number of carbonyl (C=O) groups excluding carboxylic acids is 1. The molecule has 7 heteroatoms. The minimum Gasteiger partial charge on any atom is -0.462 e. The molecular formula is C12H10F3NO2S. The van der Waals surface area contributed by atoms with E-state index in [0.29, 0.717) is 5.56 Å². The van der Waals surface area contributed by atoms with Crippen LogP contribution in [0.3, 0.4) is 0 Å². The molecule has 1 aromatic rings. The molecule has 1 rings (SSSR count). The fourth-order valence-electron chi connectivity index (χ4n) is 1.45. The number of hydrogen-bond acceptors (Lipinski definition) is 4. The van der Waals surface area contributed by atoms with Crippen molar-refractivity contribution in [1.29, 1.82) is 5.26 Å². The summed E-state index contributed by atoms with van der Waals surface area (Å²) in [4.78, 5) is 11.3. The van der Waals surface area contributed by atoms with Crippen molar-refractivity contribution in [3.05, 3.63) is 28.8 Å². The van der Waals surface area contributed by atoms with Gasteiger partial charge in [-0.25, -0.2) is 4.79 Å². The summed E-state index contributed by atoms with van der Waals surface area (Å²) in [7, 11) is 0. The lowest BCUT2D eigenvalue weighted by molar-refractivity contribution is -0.0328. The Balaban J connectivity index is 3.42. The van der Waals surface area contributed by atoms with Crippen molar-refractivity contribution in [2.24, 2.45) is 0 Å². The predicted octanol–water partition coefficient (Wildman–Crippen LogP) is 3.66. The van der Waals surface area contributed by atoms with E-state index in [1.165, 1.54) is 19.1 Å². The van der Waals surface area contributed by atoms with Gasteiger partial charge in [-0.2, -0.15) is 18.4 Å².